The first-order valence-electron chi connectivity index (χ1n) is 17.7. The Balaban J connectivity index is 1.11. The Labute approximate surface area is 309 Å². The average Bonchev–Trinajstić information content (AvgIpc) is 3.90. The Morgan fingerprint density at radius 1 is 1.09 bits per heavy atom. The Morgan fingerprint density at radius 3 is 2.66 bits per heavy atom. The Hall–Kier alpha value is -4.66. The van der Waals surface area contributed by atoms with Crippen molar-refractivity contribution in [3.63, 3.8) is 0 Å². The summed E-state index contributed by atoms with van der Waals surface area (Å²) < 4.78 is 62.7. The lowest BCUT2D eigenvalue weighted by atomic mass is 10.0. The molecule has 2 saturated heterocycles. The minimum atomic E-state index is -4.09. The zero-order valence-electron chi connectivity index (χ0n) is 29.7. The lowest BCUT2D eigenvalue weighted by Crippen LogP contribution is -2.51. The number of aromatic nitrogens is 1. The third-order valence-electron chi connectivity index (χ3n) is 9.12. The number of carbonyl (C=O) groups is 1. The van der Waals surface area contributed by atoms with Crippen LogP contribution in [-0.2, 0) is 30.7 Å². The molecule has 3 aromatic rings. The lowest BCUT2D eigenvalue weighted by molar-refractivity contribution is -0.0907. The van der Waals surface area contributed by atoms with Gasteiger partial charge in [-0.25, -0.2) is 18.2 Å². The van der Waals surface area contributed by atoms with E-state index >= 15 is 0 Å². The van der Waals surface area contributed by atoms with Crippen molar-refractivity contribution in [3.05, 3.63) is 71.9 Å². The second-order valence-electron chi connectivity index (χ2n) is 13.5. The number of carbonyl (C=O) groups excluding carboxylic acids is 1. The van der Waals surface area contributed by atoms with E-state index in [1.165, 1.54) is 22.6 Å². The number of pyridine rings is 1. The van der Waals surface area contributed by atoms with E-state index in [-0.39, 0.29) is 49.6 Å². The number of nitriles is 1. The summed E-state index contributed by atoms with van der Waals surface area (Å²) in [5.74, 6) is 1.95. The first-order valence-corrected chi connectivity index (χ1v) is 19.1. The number of aliphatic hydroxyl groups is 1. The molecule has 15 nitrogen and oxygen atoms in total. The number of nitrogens with zero attached hydrogens (tertiary/aromatic N) is 3. The van der Waals surface area contributed by atoms with Crippen LogP contribution in [0, 0.1) is 23.2 Å². The van der Waals surface area contributed by atoms with E-state index in [1.807, 2.05) is 32.0 Å². The molecule has 5 atom stereocenters. The molecule has 0 bridgehead atoms. The first-order chi connectivity index (χ1) is 25.6. The van der Waals surface area contributed by atoms with Crippen molar-refractivity contribution in [2.45, 2.75) is 62.5 Å². The molecule has 284 valence electrons. The number of ether oxygens (including phenoxy) is 6. The second-order valence-corrected chi connectivity index (χ2v) is 15.5. The minimum Gasteiger partial charge on any atom is -0.494 e. The molecular weight excluding hydrogens is 706 g/mol. The van der Waals surface area contributed by atoms with Crippen molar-refractivity contribution >= 4 is 21.9 Å². The standard InChI is InChI=1S/C37H45N5O10S/c1-24(2)20-42(53(45,46)28-9-10-32-33(17-28)51-23-50-32)21-31(43)30(41-37(44)52-34-22-49-36-29(34)12-15-48-36)16-25-4-7-27(8-5-25)47-14-3-13-39-35-11-6-26(18-38)19-40-35/h4-11,17,19,24,29-31,34,36,43H,3,12-16,20-23H2,1-2H3,(H,39,40)(H,41,44)/t29-,30-,31+,34-,36+/m0/s1. The summed E-state index contributed by atoms with van der Waals surface area (Å²) in [5.41, 5.74) is 1.27. The molecule has 0 spiro atoms. The van der Waals surface area contributed by atoms with Crippen molar-refractivity contribution in [2.24, 2.45) is 11.8 Å². The molecule has 4 heterocycles. The van der Waals surface area contributed by atoms with Gasteiger partial charge in [-0.15, -0.1) is 0 Å². The van der Waals surface area contributed by atoms with Gasteiger partial charge in [0.1, 0.15) is 23.7 Å². The van der Waals surface area contributed by atoms with Crippen molar-refractivity contribution < 1.29 is 46.7 Å². The first kappa shape index (κ1) is 38.1. The fourth-order valence-electron chi connectivity index (χ4n) is 6.37. The molecule has 53 heavy (non-hydrogen) atoms. The van der Waals surface area contributed by atoms with E-state index < -0.39 is 40.7 Å². The summed E-state index contributed by atoms with van der Waals surface area (Å²) in [7, 11) is -4.09. The second kappa shape index (κ2) is 17.4. The van der Waals surface area contributed by atoms with Crippen LogP contribution < -0.4 is 24.8 Å². The van der Waals surface area contributed by atoms with E-state index in [0.29, 0.717) is 61.2 Å². The van der Waals surface area contributed by atoms with Gasteiger partial charge in [0.25, 0.3) is 0 Å². The molecule has 0 saturated carbocycles. The highest BCUT2D eigenvalue weighted by atomic mass is 32.2. The predicted molar refractivity (Wildman–Crippen MR) is 191 cm³/mol. The number of alkyl carbamates (subject to hydrolysis) is 1. The van der Waals surface area contributed by atoms with Gasteiger partial charge >= 0.3 is 6.09 Å². The summed E-state index contributed by atoms with van der Waals surface area (Å²) in [6.07, 6.45) is 0.121. The topological polar surface area (TPSA) is 191 Å². The van der Waals surface area contributed by atoms with E-state index in [1.54, 1.807) is 30.3 Å². The number of benzene rings is 2. The molecule has 3 aliphatic heterocycles. The monoisotopic (exact) mass is 751 g/mol. The van der Waals surface area contributed by atoms with Gasteiger partial charge in [-0.3, -0.25) is 0 Å². The molecule has 3 aliphatic rings. The van der Waals surface area contributed by atoms with Crippen LogP contribution in [0.1, 0.15) is 37.8 Å². The third kappa shape index (κ3) is 9.86. The number of rotatable bonds is 17. The van der Waals surface area contributed by atoms with Crippen LogP contribution in [0.15, 0.2) is 65.7 Å². The smallest absolute Gasteiger partial charge is 0.407 e. The van der Waals surface area contributed by atoms with Crippen molar-refractivity contribution in [1.82, 2.24) is 14.6 Å². The quantitative estimate of drug-likeness (QED) is 0.170. The number of hydrogen-bond acceptors (Lipinski definition) is 13. The molecule has 1 amide bonds. The summed E-state index contributed by atoms with van der Waals surface area (Å²) >= 11 is 0. The van der Waals surface area contributed by atoms with Crippen LogP contribution in [-0.4, -0.2) is 99.7 Å². The summed E-state index contributed by atoms with van der Waals surface area (Å²) in [6, 6.07) is 16.3. The van der Waals surface area contributed by atoms with Gasteiger partial charge < -0.3 is 44.2 Å². The Bertz CT molecular complexity index is 1840. The van der Waals surface area contributed by atoms with Gasteiger partial charge in [-0.1, -0.05) is 26.0 Å². The molecule has 16 heteroatoms. The molecule has 0 aliphatic carbocycles. The van der Waals surface area contributed by atoms with Gasteiger partial charge in [0.15, 0.2) is 17.8 Å². The number of sulfonamides is 1. The van der Waals surface area contributed by atoms with Crippen molar-refractivity contribution in [3.8, 4) is 23.3 Å². The molecule has 2 fully saturated rings. The van der Waals surface area contributed by atoms with E-state index in [2.05, 4.69) is 15.6 Å². The van der Waals surface area contributed by atoms with Crippen LogP contribution in [0.2, 0.25) is 0 Å². The van der Waals surface area contributed by atoms with E-state index in [9.17, 15) is 18.3 Å². The molecule has 0 radical (unpaired) electrons. The fraction of sp³-hybridized carbons (Fsp3) is 0.486. The fourth-order valence-corrected chi connectivity index (χ4v) is 8.01. The van der Waals surface area contributed by atoms with Crippen LogP contribution in [0.4, 0.5) is 10.6 Å². The van der Waals surface area contributed by atoms with Gasteiger partial charge in [0, 0.05) is 31.9 Å². The molecular formula is C37H45N5O10S. The van der Waals surface area contributed by atoms with Crippen LogP contribution in [0.3, 0.4) is 0 Å². The van der Waals surface area contributed by atoms with Gasteiger partial charge in [-0.05, 0) is 67.1 Å². The lowest BCUT2D eigenvalue weighted by Gasteiger charge is -2.31. The van der Waals surface area contributed by atoms with Crippen LogP contribution in [0.5, 0.6) is 17.2 Å². The summed E-state index contributed by atoms with van der Waals surface area (Å²) in [5, 5.41) is 26.6. The number of fused-ring (bicyclic) bond motifs is 2. The predicted octanol–water partition coefficient (Wildman–Crippen LogP) is 3.67. The highest BCUT2D eigenvalue weighted by Crippen LogP contribution is 2.35. The number of nitrogens with one attached hydrogen (secondary N) is 2. The Morgan fingerprint density at radius 2 is 1.91 bits per heavy atom. The number of amides is 1. The van der Waals surface area contributed by atoms with Crippen LogP contribution in [0.25, 0.3) is 0 Å². The Kier molecular flexibility index (Phi) is 12.5. The number of aliphatic hydroxyl groups excluding tert-OH is 1. The number of anilines is 1. The average molecular weight is 752 g/mol. The maximum Gasteiger partial charge on any atom is 0.407 e. The van der Waals surface area contributed by atoms with Gasteiger partial charge in [0.2, 0.25) is 16.8 Å². The number of hydrogen-bond donors (Lipinski definition) is 3. The van der Waals surface area contributed by atoms with E-state index in [4.69, 9.17) is 33.7 Å². The zero-order valence-corrected chi connectivity index (χ0v) is 30.5. The SMILES string of the molecule is CC(C)CN(C[C@@H](O)[C@H](Cc1ccc(OCCCNc2ccc(C#N)cn2)cc1)NC(=O)O[C@H]1CO[C@H]2OCC[C@H]21)S(=O)(=O)c1ccc2c(c1)OCO2. The van der Waals surface area contributed by atoms with Gasteiger partial charge in [0.05, 0.1) is 48.3 Å². The molecule has 2 aromatic carbocycles. The van der Waals surface area contributed by atoms with Crippen molar-refractivity contribution in [2.75, 3.05) is 51.6 Å². The molecule has 1 aromatic heterocycles. The largest absolute Gasteiger partial charge is 0.494 e. The maximum absolute atomic E-state index is 14.0. The highest BCUT2D eigenvalue weighted by molar-refractivity contribution is 7.89. The van der Waals surface area contributed by atoms with E-state index in [0.717, 1.165) is 5.56 Å². The summed E-state index contributed by atoms with van der Waals surface area (Å²) in [4.78, 5) is 17.5. The van der Waals surface area contributed by atoms with Gasteiger partial charge in [-0.2, -0.15) is 9.57 Å². The zero-order chi connectivity index (χ0) is 37.4. The highest BCUT2D eigenvalue weighted by Gasteiger charge is 2.44. The normalized spacial score (nSPS) is 20.1. The molecule has 6 rings (SSSR count). The van der Waals surface area contributed by atoms with Crippen molar-refractivity contribution in [1.29, 1.82) is 5.26 Å². The van der Waals surface area contributed by atoms with Crippen LogP contribution >= 0.6 is 0 Å². The summed E-state index contributed by atoms with van der Waals surface area (Å²) in [6.45, 7) is 5.40. The third-order valence-corrected chi connectivity index (χ3v) is 10.9. The molecule has 3 N–H and O–H groups in total. The maximum atomic E-state index is 14.0. The molecule has 0 unspecified atom stereocenters. The minimum absolute atomic E-state index is 0.00162.